The third-order valence-electron chi connectivity index (χ3n) is 1.15. The number of carbonyl (C=O) groups excluding carboxylic acids is 1. The third-order valence-corrected chi connectivity index (χ3v) is 1.56. The Morgan fingerprint density at radius 3 is 2.50 bits per heavy atom. The van der Waals surface area contributed by atoms with E-state index in [4.69, 9.17) is 21.3 Å². The molecule has 0 saturated heterocycles. The minimum absolute atomic E-state index is 0.221. The molecule has 9 nitrogen and oxygen atoms in total. The van der Waals surface area contributed by atoms with Crippen molar-refractivity contribution >= 4 is 19.5 Å². The summed E-state index contributed by atoms with van der Waals surface area (Å²) in [5, 5.41) is 0. The third kappa shape index (κ3) is 2.46. The number of rotatable bonds is 3. The van der Waals surface area contributed by atoms with Crippen LogP contribution in [0, 0.1) is 0 Å². The molecule has 7 N–H and O–H groups in total. The smallest absolute Gasteiger partial charge is 0.383 e. The highest BCUT2D eigenvalue weighted by atomic mass is 31.2. The molecule has 1 amide bonds. The fraction of sp³-hybridized carbons (Fsp3) is 0. The molecule has 0 spiro atoms. The maximum Gasteiger partial charge on any atom is 0.527 e. The van der Waals surface area contributed by atoms with Crippen LogP contribution in [-0.4, -0.2) is 25.7 Å². The first-order chi connectivity index (χ1) is 6.29. The van der Waals surface area contributed by atoms with Crippen LogP contribution < -0.4 is 16.0 Å². The van der Waals surface area contributed by atoms with Gasteiger partial charge in [-0.15, -0.1) is 0 Å². The zero-order valence-corrected chi connectivity index (χ0v) is 7.56. The summed E-state index contributed by atoms with van der Waals surface area (Å²) in [4.78, 5) is 32.8. The lowest BCUT2D eigenvalue weighted by Crippen LogP contribution is -2.13. The number of nitrogens with one attached hydrogen (secondary N) is 1. The molecule has 0 unspecified atom stereocenters. The molecule has 1 rings (SSSR count). The van der Waals surface area contributed by atoms with E-state index in [1.165, 1.54) is 0 Å². The van der Waals surface area contributed by atoms with Crippen LogP contribution in [-0.2, 0) is 4.57 Å². The number of nitrogens with zero attached hydrogens (tertiary/aromatic N) is 1. The number of phosphoric ester groups is 1. The SMILES string of the molecule is NC(=O)c1nc(OP(=O)(O)O)[nH]c1N. The summed E-state index contributed by atoms with van der Waals surface area (Å²) in [6.45, 7) is 0. The second-order valence-electron chi connectivity index (χ2n) is 2.25. The van der Waals surface area contributed by atoms with Gasteiger partial charge < -0.3 is 16.0 Å². The molecule has 0 bridgehead atoms. The van der Waals surface area contributed by atoms with E-state index in [2.05, 4.69) is 14.5 Å². The van der Waals surface area contributed by atoms with Gasteiger partial charge in [0, 0.05) is 0 Å². The van der Waals surface area contributed by atoms with E-state index in [-0.39, 0.29) is 11.5 Å². The van der Waals surface area contributed by atoms with Gasteiger partial charge in [-0.2, -0.15) is 4.98 Å². The minimum atomic E-state index is -4.73. The second-order valence-corrected chi connectivity index (χ2v) is 3.41. The monoisotopic (exact) mass is 222 g/mol. The van der Waals surface area contributed by atoms with Crippen LogP contribution in [0.1, 0.15) is 10.5 Å². The standard InChI is InChI=1S/C4H7N4O5P/c5-2-1(3(6)9)7-4(8-2)13-14(10,11)12/h5H2,(H2,6,9)(H,7,8)(H2,10,11,12). The van der Waals surface area contributed by atoms with Gasteiger partial charge in [-0.3, -0.25) is 19.6 Å². The fourth-order valence-corrected chi connectivity index (χ4v) is 1.02. The number of primary amides is 1. The predicted octanol–water partition coefficient (Wildman–Crippen LogP) is -1.44. The molecule has 0 saturated carbocycles. The number of hydrogen-bond acceptors (Lipinski definition) is 5. The van der Waals surface area contributed by atoms with E-state index in [1.807, 2.05) is 0 Å². The van der Waals surface area contributed by atoms with Crippen LogP contribution in [0.15, 0.2) is 0 Å². The summed E-state index contributed by atoms with van der Waals surface area (Å²) in [7, 11) is -4.73. The molecular weight excluding hydrogens is 215 g/mol. The number of amides is 1. The van der Waals surface area contributed by atoms with E-state index < -0.39 is 19.7 Å². The first kappa shape index (κ1) is 10.5. The van der Waals surface area contributed by atoms with Crippen molar-refractivity contribution in [1.82, 2.24) is 9.97 Å². The Kier molecular flexibility index (Phi) is 2.47. The topological polar surface area (TPSA) is 165 Å². The van der Waals surface area contributed by atoms with E-state index in [0.717, 1.165) is 0 Å². The van der Waals surface area contributed by atoms with Gasteiger partial charge in [-0.05, 0) is 0 Å². The van der Waals surface area contributed by atoms with Gasteiger partial charge in [0.1, 0.15) is 5.82 Å². The molecular formula is C4H7N4O5P. The van der Waals surface area contributed by atoms with Gasteiger partial charge in [-0.1, -0.05) is 0 Å². The molecule has 1 aromatic heterocycles. The van der Waals surface area contributed by atoms with Gasteiger partial charge in [0.2, 0.25) is 0 Å². The molecule has 0 aliphatic carbocycles. The molecule has 0 radical (unpaired) electrons. The van der Waals surface area contributed by atoms with Crippen LogP contribution in [0.2, 0.25) is 0 Å². The molecule has 1 aromatic rings. The summed E-state index contributed by atoms with van der Waals surface area (Å²) < 4.78 is 14.4. The van der Waals surface area contributed by atoms with Gasteiger partial charge in [0.15, 0.2) is 5.69 Å². The number of nitrogen functional groups attached to an aromatic ring is 1. The highest BCUT2D eigenvalue weighted by Gasteiger charge is 2.21. The lowest BCUT2D eigenvalue weighted by atomic mass is 10.4. The molecule has 1 heterocycles. The van der Waals surface area contributed by atoms with E-state index in [9.17, 15) is 9.36 Å². The normalized spacial score (nSPS) is 11.3. The van der Waals surface area contributed by atoms with Crippen LogP contribution >= 0.6 is 7.82 Å². The highest BCUT2D eigenvalue weighted by Crippen LogP contribution is 2.36. The van der Waals surface area contributed by atoms with Crippen molar-refractivity contribution in [1.29, 1.82) is 0 Å². The number of imidazole rings is 1. The maximum atomic E-state index is 10.6. The summed E-state index contributed by atoms with van der Waals surface area (Å²) >= 11 is 0. The van der Waals surface area contributed by atoms with Crippen LogP contribution in [0.4, 0.5) is 5.82 Å². The summed E-state index contributed by atoms with van der Waals surface area (Å²) in [5.41, 5.74) is 9.71. The zero-order valence-electron chi connectivity index (χ0n) is 6.67. The first-order valence-electron chi connectivity index (χ1n) is 3.20. The van der Waals surface area contributed by atoms with Crippen molar-refractivity contribution in [3.05, 3.63) is 5.69 Å². The quantitative estimate of drug-likeness (QED) is 0.390. The number of carbonyl (C=O) groups is 1. The first-order valence-corrected chi connectivity index (χ1v) is 4.73. The molecule has 14 heavy (non-hydrogen) atoms. The zero-order chi connectivity index (χ0) is 10.9. The molecule has 0 aromatic carbocycles. The van der Waals surface area contributed by atoms with Crippen molar-refractivity contribution in [2.45, 2.75) is 0 Å². The molecule has 0 aliphatic rings. The summed E-state index contributed by atoms with van der Waals surface area (Å²) in [6.07, 6.45) is 0. The van der Waals surface area contributed by atoms with Gasteiger partial charge >= 0.3 is 13.8 Å². The van der Waals surface area contributed by atoms with Crippen molar-refractivity contribution in [3.8, 4) is 6.01 Å². The van der Waals surface area contributed by atoms with E-state index in [1.54, 1.807) is 0 Å². The van der Waals surface area contributed by atoms with Gasteiger partial charge in [0.05, 0.1) is 0 Å². The number of H-pyrrole nitrogens is 1. The maximum absolute atomic E-state index is 10.6. The molecule has 78 valence electrons. The lowest BCUT2D eigenvalue weighted by Gasteiger charge is -2.00. The summed E-state index contributed by atoms with van der Waals surface area (Å²) in [5.74, 6) is -1.15. The van der Waals surface area contributed by atoms with E-state index in [0.29, 0.717) is 0 Å². The van der Waals surface area contributed by atoms with Crippen molar-refractivity contribution < 1.29 is 23.7 Å². The largest absolute Gasteiger partial charge is 0.527 e. The molecule has 0 atom stereocenters. The second kappa shape index (κ2) is 3.29. The minimum Gasteiger partial charge on any atom is -0.383 e. The average molecular weight is 222 g/mol. The fourth-order valence-electron chi connectivity index (χ4n) is 0.708. The number of anilines is 1. The number of aromatic nitrogens is 2. The number of nitrogens with two attached hydrogens (primary N) is 2. The van der Waals surface area contributed by atoms with E-state index >= 15 is 0 Å². The van der Waals surface area contributed by atoms with Crippen molar-refractivity contribution in [2.75, 3.05) is 5.73 Å². The Bertz CT molecular complexity index is 408. The number of hydrogen-bond donors (Lipinski definition) is 5. The van der Waals surface area contributed by atoms with Gasteiger partial charge in [0.25, 0.3) is 5.91 Å². The summed E-state index contributed by atoms with van der Waals surface area (Å²) in [6, 6.07) is -0.565. The number of phosphoric acid groups is 1. The average Bonchev–Trinajstić information content (AvgIpc) is 2.26. The Hall–Kier alpha value is -1.57. The Morgan fingerprint density at radius 2 is 2.14 bits per heavy atom. The Morgan fingerprint density at radius 1 is 1.57 bits per heavy atom. The van der Waals surface area contributed by atoms with Gasteiger partial charge in [-0.25, -0.2) is 4.57 Å². The Labute approximate surface area is 77.3 Å². The Balaban J connectivity index is 2.98. The lowest BCUT2D eigenvalue weighted by molar-refractivity contribution is 0.0996. The highest BCUT2D eigenvalue weighted by molar-refractivity contribution is 7.46. The number of aromatic amines is 1. The predicted molar refractivity (Wildman–Crippen MR) is 44.2 cm³/mol. The van der Waals surface area contributed by atoms with Crippen LogP contribution in [0.25, 0.3) is 0 Å². The molecule has 0 aliphatic heterocycles. The van der Waals surface area contributed by atoms with Crippen LogP contribution in [0.3, 0.4) is 0 Å². The van der Waals surface area contributed by atoms with Crippen molar-refractivity contribution in [2.24, 2.45) is 5.73 Å². The van der Waals surface area contributed by atoms with Crippen molar-refractivity contribution in [3.63, 3.8) is 0 Å². The molecule has 10 heteroatoms. The molecule has 0 fully saturated rings. The van der Waals surface area contributed by atoms with Crippen LogP contribution in [0.5, 0.6) is 6.01 Å².